The number of anilines is 2. The van der Waals surface area contributed by atoms with E-state index in [4.69, 9.17) is 15.2 Å². The van der Waals surface area contributed by atoms with Gasteiger partial charge in [0.2, 0.25) is 0 Å². The maximum atomic E-state index is 5.93. The molecule has 0 aliphatic carbocycles. The van der Waals surface area contributed by atoms with Gasteiger partial charge < -0.3 is 20.5 Å². The van der Waals surface area contributed by atoms with Crippen LogP contribution in [0, 0.1) is 0 Å². The van der Waals surface area contributed by atoms with Gasteiger partial charge in [-0.25, -0.2) is 0 Å². The molecule has 0 amide bonds. The third-order valence-electron chi connectivity index (χ3n) is 3.50. The minimum atomic E-state index is 0.138. The predicted molar refractivity (Wildman–Crippen MR) is 87.0 cm³/mol. The van der Waals surface area contributed by atoms with Crippen LogP contribution in [0.2, 0.25) is 0 Å². The summed E-state index contributed by atoms with van der Waals surface area (Å²) < 4.78 is 11.5. The second-order valence-corrected chi connectivity index (χ2v) is 5.72. The molecule has 0 aromatic heterocycles. The van der Waals surface area contributed by atoms with Crippen LogP contribution >= 0.6 is 0 Å². The first-order chi connectivity index (χ1) is 10.1. The number of morpholine rings is 1. The lowest BCUT2D eigenvalue weighted by Gasteiger charge is -2.32. The van der Waals surface area contributed by atoms with Crippen LogP contribution in [0.1, 0.15) is 20.8 Å². The molecule has 0 saturated carbocycles. The zero-order chi connectivity index (χ0) is 15.2. The summed E-state index contributed by atoms with van der Waals surface area (Å²) >= 11 is 0. The van der Waals surface area contributed by atoms with Gasteiger partial charge in [-0.3, -0.25) is 4.90 Å². The van der Waals surface area contributed by atoms with E-state index in [2.05, 4.69) is 17.1 Å². The fourth-order valence-electron chi connectivity index (χ4n) is 2.49. The van der Waals surface area contributed by atoms with Gasteiger partial charge in [-0.15, -0.1) is 0 Å². The Labute approximate surface area is 127 Å². The van der Waals surface area contributed by atoms with Gasteiger partial charge in [-0.05, 0) is 26.5 Å². The highest BCUT2D eigenvalue weighted by Gasteiger charge is 2.18. The summed E-state index contributed by atoms with van der Waals surface area (Å²) in [5.41, 5.74) is 7.61. The van der Waals surface area contributed by atoms with E-state index < -0.39 is 0 Å². The summed E-state index contributed by atoms with van der Waals surface area (Å²) in [6, 6.07) is 5.76. The van der Waals surface area contributed by atoms with E-state index in [-0.39, 0.29) is 12.2 Å². The SMILES string of the molecule is CCN1CCOC(CNc2cc(N)cc(OC(C)C)c2)C1. The zero-order valence-corrected chi connectivity index (χ0v) is 13.3. The molecule has 3 N–H and O–H groups in total. The fraction of sp³-hybridized carbons (Fsp3) is 0.625. The fourth-order valence-corrected chi connectivity index (χ4v) is 2.49. The standard InChI is InChI=1S/C16H27N3O2/c1-4-19-5-6-20-16(11-19)10-18-14-7-13(17)8-15(9-14)21-12(2)3/h7-9,12,16,18H,4-6,10-11,17H2,1-3H3. The number of benzene rings is 1. The first kappa shape index (κ1) is 15.9. The smallest absolute Gasteiger partial charge is 0.123 e. The van der Waals surface area contributed by atoms with Crippen molar-refractivity contribution in [2.24, 2.45) is 0 Å². The number of nitrogen functional groups attached to an aromatic ring is 1. The quantitative estimate of drug-likeness (QED) is 0.787. The molecule has 1 unspecified atom stereocenters. The van der Waals surface area contributed by atoms with E-state index in [1.54, 1.807) is 0 Å². The molecule has 118 valence electrons. The third kappa shape index (κ3) is 5.10. The largest absolute Gasteiger partial charge is 0.491 e. The molecule has 1 aromatic carbocycles. The Morgan fingerprint density at radius 2 is 2.24 bits per heavy atom. The lowest BCUT2D eigenvalue weighted by molar-refractivity contribution is -0.0191. The number of nitrogens with two attached hydrogens (primary N) is 1. The van der Waals surface area contributed by atoms with Gasteiger partial charge in [0, 0.05) is 43.1 Å². The predicted octanol–water partition coefficient (Wildman–Crippen LogP) is 2.19. The van der Waals surface area contributed by atoms with E-state index in [0.717, 1.165) is 44.2 Å². The van der Waals surface area contributed by atoms with Crippen LogP contribution in [0.4, 0.5) is 11.4 Å². The summed E-state index contributed by atoms with van der Waals surface area (Å²) in [6.45, 7) is 10.9. The lowest BCUT2D eigenvalue weighted by atomic mass is 10.2. The van der Waals surface area contributed by atoms with Crippen molar-refractivity contribution < 1.29 is 9.47 Å². The number of hydrogen-bond acceptors (Lipinski definition) is 5. The Balaban J connectivity index is 1.91. The third-order valence-corrected chi connectivity index (χ3v) is 3.50. The van der Waals surface area contributed by atoms with Gasteiger partial charge >= 0.3 is 0 Å². The number of ether oxygens (including phenoxy) is 2. The van der Waals surface area contributed by atoms with Crippen molar-refractivity contribution in [3.05, 3.63) is 18.2 Å². The van der Waals surface area contributed by atoms with E-state index in [1.165, 1.54) is 0 Å². The first-order valence-corrected chi connectivity index (χ1v) is 7.72. The Bertz CT molecular complexity index is 451. The van der Waals surface area contributed by atoms with Gasteiger partial charge in [-0.2, -0.15) is 0 Å². The highest BCUT2D eigenvalue weighted by atomic mass is 16.5. The van der Waals surface area contributed by atoms with Crippen molar-refractivity contribution in [1.29, 1.82) is 0 Å². The molecule has 2 rings (SSSR count). The Morgan fingerprint density at radius 1 is 1.43 bits per heavy atom. The summed E-state index contributed by atoms with van der Waals surface area (Å²) in [5, 5.41) is 3.40. The van der Waals surface area contributed by atoms with Gasteiger partial charge in [0.1, 0.15) is 5.75 Å². The van der Waals surface area contributed by atoms with E-state index >= 15 is 0 Å². The molecule has 1 aliphatic heterocycles. The number of nitrogens with zero attached hydrogens (tertiary/aromatic N) is 1. The molecule has 1 heterocycles. The van der Waals surface area contributed by atoms with E-state index in [0.29, 0.717) is 5.69 Å². The van der Waals surface area contributed by atoms with E-state index in [1.807, 2.05) is 32.0 Å². The number of hydrogen-bond donors (Lipinski definition) is 2. The molecular formula is C16H27N3O2. The molecule has 1 aromatic rings. The second-order valence-electron chi connectivity index (χ2n) is 5.72. The van der Waals surface area contributed by atoms with Crippen LogP contribution in [0.15, 0.2) is 18.2 Å². The van der Waals surface area contributed by atoms with Crippen LogP contribution in [-0.2, 0) is 4.74 Å². The average molecular weight is 293 g/mol. The molecule has 0 bridgehead atoms. The molecule has 21 heavy (non-hydrogen) atoms. The van der Waals surface area contributed by atoms with Crippen molar-refractivity contribution in [3.63, 3.8) is 0 Å². The molecule has 1 saturated heterocycles. The number of likely N-dealkylation sites (N-methyl/N-ethyl adjacent to an activating group) is 1. The van der Waals surface area contributed by atoms with Gasteiger partial charge in [0.05, 0.1) is 18.8 Å². The minimum Gasteiger partial charge on any atom is -0.491 e. The molecule has 0 radical (unpaired) electrons. The van der Waals surface area contributed by atoms with Crippen molar-refractivity contribution in [2.45, 2.75) is 33.0 Å². The van der Waals surface area contributed by atoms with Crippen LogP contribution in [0.3, 0.4) is 0 Å². The van der Waals surface area contributed by atoms with Crippen LogP contribution in [0.25, 0.3) is 0 Å². The molecule has 0 spiro atoms. The summed E-state index contributed by atoms with van der Waals surface area (Å²) in [4.78, 5) is 2.41. The van der Waals surface area contributed by atoms with Crippen LogP contribution < -0.4 is 15.8 Å². The van der Waals surface area contributed by atoms with Crippen molar-refractivity contribution in [1.82, 2.24) is 4.90 Å². The Morgan fingerprint density at radius 3 is 2.95 bits per heavy atom. The van der Waals surface area contributed by atoms with Crippen molar-refractivity contribution >= 4 is 11.4 Å². The highest BCUT2D eigenvalue weighted by Crippen LogP contribution is 2.23. The maximum Gasteiger partial charge on any atom is 0.123 e. The first-order valence-electron chi connectivity index (χ1n) is 7.72. The number of nitrogens with one attached hydrogen (secondary N) is 1. The van der Waals surface area contributed by atoms with Crippen LogP contribution in [0.5, 0.6) is 5.75 Å². The van der Waals surface area contributed by atoms with E-state index in [9.17, 15) is 0 Å². The topological polar surface area (TPSA) is 59.8 Å². The van der Waals surface area contributed by atoms with Gasteiger partial charge in [0.25, 0.3) is 0 Å². The van der Waals surface area contributed by atoms with Gasteiger partial charge in [0.15, 0.2) is 0 Å². The molecule has 5 heteroatoms. The maximum absolute atomic E-state index is 5.93. The minimum absolute atomic E-state index is 0.138. The monoisotopic (exact) mass is 293 g/mol. The highest BCUT2D eigenvalue weighted by molar-refractivity contribution is 5.59. The lowest BCUT2D eigenvalue weighted by Crippen LogP contribution is -2.45. The molecular weight excluding hydrogens is 266 g/mol. The summed E-state index contributed by atoms with van der Waals surface area (Å²) in [5.74, 6) is 0.798. The Hall–Kier alpha value is -1.46. The molecule has 1 atom stereocenters. The normalized spacial score (nSPS) is 19.7. The average Bonchev–Trinajstić information content (AvgIpc) is 2.44. The van der Waals surface area contributed by atoms with Crippen molar-refractivity contribution in [3.8, 4) is 5.75 Å². The molecule has 5 nitrogen and oxygen atoms in total. The van der Waals surface area contributed by atoms with Gasteiger partial charge in [-0.1, -0.05) is 6.92 Å². The summed E-state index contributed by atoms with van der Waals surface area (Å²) in [6.07, 6.45) is 0.356. The summed E-state index contributed by atoms with van der Waals surface area (Å²) in [7, 11) is 0. The van der Waals surface area contributed by atoms with Crippen molar-refractivity contribution in [2.75, 3.05) is 43.8 Å². The molecule has 1 fully saturated rings. The van der Waals surface area contributed by atoms with Crippen LogP contribution in [-0.4, -0.2) is 49.9 Å². The number of rotatable bonds is 6. The zero-order valence-electron chi connectivity index (χ0n) is 13.3. The molecule has 1 aliphatic rings. The second kappa shape index (κ2) is 7.52. The Kier molecular flexibility index (Phi) is 5.70.